The van der Waals surface area contributed by atoms with E-state index in [0.29, 0.717) is 0 Å². The molecule has 1 heterocycles. The molecule has 0 saturated carbocycles. The summed E-state index contributed by atoms with van der Waals surface area (Å²) in [6.45, 7) is 6.83. The van der Waals surface area contributed by atoms with Crippen LogP contribution in [0.5, 0.6) is 0 Å². The molecule has 0 amide bonds. The molecule has 5 heteroatoms. The first-order valence-corrected chi connectivity index (χ1v) is 9.39. The zero-order valence-electron chi connectivity index (χ0n) is 6.42. The van der Waals surface area contributed by atoms with Crippen LogP contribution in [0.1, 0.15) is 0 Å². The van der Waals surface area contributed by atoms with Gasteiger partial charge in [0, 0.05) is 5.41 Å². The largest absolute Gasteiger partial charge is 0.456 e. The summed E-state index contributed by atoms with van der Waals surface area (Å²) < 4.78 is 8.80. The van der Waals surface area contributed by atoms with Crippen molar-refractivity contribution >= 4 is 27.1 Å². The second-order valence-electron chi connectivity index (χ2n) is 3.10. The SMILES string of the molecule is C[Si](C)(C)NP1OC=CS1. The molecule has 0 aromatic rings. The van der Waals surface area contributed by atoms with Gasteiger partial charge in [0.2, 0.25) is 7.50 Å². The lowest BCUT2D eigenvalue weighted by Gasteiger charge is -2.20. The number of hydrogen-bond acceptors (Lipinski definition) is 3. The highest BCUT2D eigenvalue weighted by Crippen LogP contribution is 2.53. The number of rotatable bonds is 2. The maximum atomic E-state index is 5.30. The van der Waals surface area contributed by atoms with Crippen LogP contribution >= 0.6 is 18.9 Å². The van der Waals surface area contributed by atoms with Gasteiger partial charge in [0.25, 0.3) is 0 Å². The van der Waals surface area contributed by atoms with Crippen molar-refractivity contribution in [2.24, 2.45) is 0 Å². The summed E-state index contributed by atoms with van der Waals surface area (Å²) in [5.41, 5.74) is 0. The molecule has 58 valence electrons. The maximum Gasteiger partial charge on any atom is 0.222 e. The van der Waals surface area contributed by atoms with Crippen LogP contribution in [-0.2, 0) is 4.52 Å². The van der Waals surface area contributed by atoms with Crippen LogP contribution in [0, 0.1) is 0 Å². The van der Waals surface area contributed by atoms with Gasteiger partial charge >= 0.3 is 0 Å². The van der Waals surface area contributed by atoms with Gasteiger partial charge in [-0.15, -0.1) is 0 Å². The minimum atomic E-state index is -1.13. The summed E-state index contributed by atoms with van der Waals surface area (Å²) in [7, 11) is -1.55. The lowest BCUT2D eigenvalue weighted by atomic mass is 11.2. The highest BCUT2D eigenvalue weighted by atomic mass is 32.7. The highest BCUT2D eigenvalue weighted by molar-refractivity contribution is 8.55. The van der Waals surface area contributed by atoms with E-state index in [4.69, 9.17) is 4.52 Å². The van der Waals surface area contributed by atoms with E-state index in [0.717, 1.165) is 0 Å². The van der Waals surface area contributed by atoms with E-state index in [1.54, 1.807) is 17.6 Å². The lowest BCUT2D eigenvalue weighted by Crippen LogP contribution is -2.36. The molecule has 0 saturated heterocycles. The molecule has 0 aromatic carbocycles. The maximum absolute atomic E-state index is 5.30. The Morgan fingerprint density at radius 1 is 1.50 bits per heavy atom. The average molecular weight is 193 g/mol. The van der Waals surface area contributed by atoms with Crippen LogP contribution < -0.4 is 4.75 Å². The molecule has 0 aliphatic carbocycles. The summed E-state index contributed by atoms with van der Waals surface area (Å²) in [4.78, 5) is 0. The van der Waals surface area contributed by atoms with Crippen molar-refractivity contribution in [3.05, 3.63) is 11.7 Å². The van der Waals surface area contributed by atoms with Gasteiger partial charge in [-0.25, -0.2) is 0 Å². The van der Waals surface area contributed by atoms with Crippen LogP contribution in [0.15, 0.2) is 11.7 Å². The second-order valence-corrected chi connectivity index (χ2v) is 11.3. The van der Waals surface area contributed by atoms with Crippen molar-refractivity contribution in [1.29, 1.82) is 0 Å². The molecule has 1 aliphatic rings. The first-order valence-electron chi connectivity index (χ1n) is 3.14. The molecule has 0 fully saturated rings. The van der Waals surface area contributed by atoms with Crippen molar-refractivity contribution in [2.45, 2.75) is 19.6 Å². The standard InChI is InChI=1S/C5H12NOPSSi/c1-10(2,3)6-8-7-4-5-9-8/h4-6H,1-3H3. The molecule has 0 radical (unpaired) electrons. The molecule has 1 rings (SSSR count). The second kappa shape index (κ2) is 3.26. The highest BCUT2D eigenvalue weighted by Gasteiger charge is 2.22. The molecule has 10 heavy (non-hydrogen) atoms. The monoisotopic (exact) mass is 193 g/mol. The van der Waals surface area contributed by atoms with Gasteiger partial charge < -0.3 is 4.52 Å². The summed E-state index contributed by atoms with van der Waals surface area (Å²) in [6.07, 6.45) is 1.77. The van der Waals surface area contributed by atoms with Gasteiger partial charge in [-0.1, -0.05) is 19.6 Å². The van der Waals surface area contributed by atoms with Gasteiger partial charge in [-0.2, -0.15) is 0 Å². The van der Waals surface area contributed by atoms with E-state index in [1.165, 1.54) is 0 Å². The fourth-order valence-electron chi connectivity index (χ4n) is 0.512. The van der Waals surface area contributed by atoms with Crippen molar-refractivity contribution in [3.8, 4) is 0 Å². The first kappa shape index (κ1) is 8.59. The predicted octanol–water partition coefficient (Wildman–Crippen LogP) is 2.87. The fourth-order valence-corrected chi connectivity index (χ4v) is 7.36. The molecule has 0 aromatic heterocycles. The fraction of sp³-hybridized carbons (Fsp3) is 0.600. The Morgan fingerprint density at radius 3 is 2.60 bits per heavy atom. The van der Waals surface area contributed by atoms with Gasteiger partial charge in [0.1, 0.15) is 8.24 Å². The minimum absolute atomic E-state index is 0.416. The van der Waals surface area contributed by atoms with Crippen LogP contribution in [0.25, 0.3) is 0 Å². The van der Waals surface area contributed by atoms with Crippen LogP contribution in [-0.4, -0.2) is 8.24 Å². The van der Waals surface area contributed by atoms with Gasteiger partial charge in [0.15, 0.2) is 0 Å². The summed E-state index contributed by atoms with van der Waals surface area (Å²) in [5.74, 6) is 0. The molecule has 1 N–H and O–H groups in total. The Morgan fingerprint density at radius 2 is 2.20 bits per heavy atom. The lowest BCUT2D eigenvalue weighted by molar-refractivity contribution is 0.549. The molecular formula is C5H12NOPSSi. The topological polar surface area (TPSA) is 21.3 Å². The van der Waals surface area contributed by atoms with Crippen molar-refractivity contribution in [1.82, 2.24) is 4.75 Å². The normalized spacial score (nSPS) is 24.9. The predicted molar refractivity (Wildman–Crippen MR) is 51.2 cm³/mol. The van der Waals surface area contributed by atoms with E-state index in [1.807, 2.05) is 5.41 Å². The van der Waals surface area contributed by atoms with E-state index in [2.05, 4.69) is 24.4 Å². The van der Waals surface area contributed by atoms with Crippen molar-refractivity contribution < 1.29 is 4.52 Å². The Labute approximate surface area is 68.1 Å². The average Bonchev–Trinajstić information content (AvgIpc) is 2.12. The van der Waals surface area contributed by atoms with Gasteiger partial charge in [-0.3, -0.25) is 4.75 Å². The third-order valence-electron chi connectivity index (χ3n) is 0.795. The Hall–Kier alpha value is 0.497. The Kier molecular flexibility index (Phi) is 2.80. The molecule has 0 spiro atoms. The van der Waals surface area contributed by atoms with Gasteiger partial charge in [-0.05, 0) is 11.4 Å². The third-order valence-corrected chi connectivity index (χ3v) is 6.97. The number of hydrogen-bond donors (Lipinski definition) is 1. The molecule has 2 nitrogen and oxygen atoms in total. The van der Waals surface area contributed by atoms with E-state index in [9.17, 15) is 0 Å². The van der Waals surface area contributed by atoms with Crippen molar-refractivity contribution in [2.75, 3.05) is 0 Å². The molecule has 1 aliphatic heterocycles. The Balaban J connectivity index is 2.26. The molecule has 0 bridgehead atoms. The minimum Gasteiger partial charge on any atom is -0.456 e. The number of nitrogens with one attached hydrogen (secondary N) is 1. The Bertz CT molecular complexity index is 139. The first-order chi connectivity index (χ1) is 4.58. The summed E-state index contributed by atoms with van der Waals surface area (Å²) >= 11 is 1.75. The van der Waals surface area contributed by atoms with E-state index < -0.39 is 15.7 Å². The smallest absolute Gasteiger partial charge is 0.222 e. The summed E-state index contributed by atoms with van der Waals surface area (Å²) in [6, 6.07) is 0. The van der Waals surface area contributed by atoms with Crippen LogP contribution in [0.2, 0.25) is 19.6 Å². The van der Waals surface area contributed by atoms with Crippen molar-refractivity contribution in [3.63, 3.8) is 0 Å². The third kappa shape index (κ3) is 3.06. The molecular weight excluding hydrogens is 181 g/mol. The summed E-state index contributed by atoms with van der Waals surface area (Å²) in [5, 5.41) is 2.00. The zero-order chi connectivity index (χ0) is 7.61. The zero-order valence-corrected chi connectivity index (χ0v) is 9.13. The van der Waals surface area contributed by atoms with E-state index >= 15 is 0 Å². The van der Waals surface area contributed by atoms with Crippen LogP contribution in [0.3, 0.4) is 0 Å². The van der Waals surface area contributed by atoms with Crippen LogP contribution in [0.4, 0.5) is 0 Å². The quantitative estimate of drug-likeness (QED) is 0.538. The molecule has 1 unspecified atom stereocenters. The molecule has 1 atom stereocenters. The van der Waals surface area contributed by atoms with E-state index in [-0.39, 0.29) is 0 Å². The van der Waals surface area contributed by atoms with Gasteiger partial charge in [0.05, 0.1) is 6.26 Å².